The van der Waals surface area contributed by atoms with Crippen molar-refractivity contribution in [3.8, 4) is 0 Å². The van der Waals surface area contributed by atoms with Crippen LogP contribution in [-0.2, 0) is 9.59 Å². The van der Waals surface area contributed by atoms with E-state index in [1.165, 1.54) is 0 Å². The fourth-order valence-corrected chi connectivity index (χ4v) is 2.47. The molecule has 1 rings (SSSR count). The predicted molar refractivity (Wildman–Crippen MR) is 94.2 cm³/mol. The van der Waals surface area contributed by atoms with E-state index >= 15 is 0 Å². The van der Waals surface area contributed by atoms with Gasteiger partial charge >= 0.3 is 0 Å². The third-order valence-electron chi connectivity index (χ3n) is 3.04. The first-order valence-corrected chi connectivity index (χ1v) is 8.26. The molecule has 0 radical (unpaired) electrons. The Bertz CT molecular complexity index is 571. The fourth-order valence-electron chi connectivity index (χ4n) is 2.01. The van der Waals surface area contributed by atoms with Gasteiger partial charge in [0.1, 0.15) is 0 Å². The van der Waals surface area contributed by atoms with Gasteiger partial charge in [-0.15, -0.1) is 0 Å². The standard InChI is InChI=1S/C16H23Cl2N3O2/c1-5-21(10-15(23)20-16(2,3)4)9-14(22)19-13-7-6-11(17)8-12(13)18/h6-8H,5,9-10H2,1-4H3,(H,19,22)(H,20,23)/p+1. The molecule has 0 aliphatic heterocycles. The molecule has 1 unspecified atom stereocenters. The van der Waals surface area contributed by atoms with Crippen LogP contribution in [0.1, 0.15) is 27.7 Å². The Balaban J connectivity index is 2.58. The number of carbonyl (C=O) groups excluding carboxylic acids is 2. The maximum Gasteiger partial charge on any atom is 0.279 e. The minimum Gasteiger partial charge on any atom is -0.347 e. The summed E-state index contributed by atoms with van der Waals surface area (Å²) in [6.07, 6.45) is 0. The number of quaternary nitrogens is 1. The Morgan fingerprint density at radius 1 is 1.13 bits per heavy atom. The number of carbonyl (C=O) groups is 2. The van der Waals surface area contributed by atoms with E-state index < -0.39 is 0 Å². The fraction of sp³-hybridized carbons (Fsp3) is 0.500. The van der Waals surface area contributed by atoms with Crippen molar-refractivity contribution in [1.29, 1.82) is 0 Å². The van der Waals surface area contributed by atoms with Gasteiger partial charge in [0, 0.05) is 10.6 Å². The Morgan fingerprint density at radius 2 is 1.74 bits per heavy atom. The third-order valence-corrected chi connectivity index (χ3v) is 3.59. The molecule has 0 bridgehead atoms. The zero-order chi connectivity index (χ0) is 17.6. The van der Waals surface area contributed by atoms with E-state index in [1.54, 1.807) is 18.2 Å². The number of benzene rings is 1. The van der Waals surface area contributed by atoms with Gasteiger partial charge in [-0.1, -0.05) is 23.2 Å². The lowest BCUT2D eigenvalue weighted by Crippen LogP contribution is -3.14. The third kappa shape index (κ3) is 7.68. The van der Waals surface area contributed by atoms with Crippen molar-refractivity contribution in [2.75, 3.05) is 25.0 Å². The van der Waals surface area contributed by atoms with Crippen molar-refractivity contribution in [2.24, 2.45) is 0 Å². The summed E-state index contributed by atoms with van der Waals surface area (Å²) < 4.78 is 0. The lowest BCUT2D eigenvalue weighted by atomic mass is 10.1. The molecule has 7 heteroatoms. The molecule has 0 fully saturated rings. The molecule has 0 heterocycles. The molecule has 1 aromatic rings. The Labute approximate surface area is 147 Å². The maximum absolute atomic E-state index is 12.1. The smallest absolute Gasteiger partial charge is 0.279 e. The highest BCUT2D eigenvalue weighted by molar-refractivity contribution is 6.36. The summed E-state index contributed by atoms with van der Waals surface area (Å²) in [4.78, 5) is 25.0. The molecule has 0 aliphatic rings. The lowest BCUT2D eigenvalue weighted by Gasteiger charge is -2.23. The van der Waals surface area contributed by atoms with Crippen LogP contribution in [0.4, 0.5) is 5.69 Å². The van der Waals surface area contributed by atoms with Crippen LogP contribution in [0.2, 0.25) is 10.0 Å². The number of amides is 2. The monoisotopic (exact) mass is 360 g/mol. The van der Waals surface area contributed by atoms with Crippen LogP contribution in [0.3, 0.4) is 0 Å². The molecule has 2 amide bonds. The second kappa shape index (κ2) is 8.52. The predicted octanol–water partition coefficient (Wildman–Crippen LogP) is 1.75. The van der Waals surface area contributed by atoms with Crippen molar-refractivity contribution in [3.63, 3.8) is 0 Å². The van der Waals surface area contributed by atoms with E-state index in [2.05, 4.69) is 10.6 Å². The number of nitrogens with one attached hydrogen (secondary N) is 3. The molecule has 0 aliphatic carbocycles. The quantitative estimate of drug-likeness (QED) is 0.723. The molecule has 0 saturated carbocycles. The zero-order valence-corrected chi connectivity index (χ0v) is 15.4. The van der Waals surface area contributed by atoms with E-state index in [9.17, 15) is 9.59 Å². The van der Waals surface area contributed by atoms with Gasteiger partial charge in [0.05, 0.1) is 17.3 Å². The average Bonchev–Trinajstić information content (AvgIpc) is 2.39. The van der Waals surface area contributed by atoms with Crippen LogP contribution >= 0.6 is 23.2 Å². The van der Waals surface area contributed by atoms with Crippen LogP contribution in [0, 0.1) is 0 Å². The van der Waals surface area contributed by atoms with Crippen LogP contribution < -0.4 is 15.5 Å². The average molecular weight is 361 g/mol. The largest absolute Gasteiger partial charge is 0.347 e. The summed E-state index contributed by atoms with van der Waals surface area (Å²) >= 11 is 11.9. The SMILES string of the molecule is CC[NH+](CC(=O)Nc1ccc(Cl)cc1Cl)CC(=O)NC(C)(C)C. The Hall–Kier alpha value is -1.30. The Kier molecular flexibility index (Phi) is 7.32. The highest BCUT2D eigenvalue weighted by atomic mass is 35.5. The maximum atomic E-state index is 12.1. The molecular weight excluding hydrogens is 337 g/mol. The summed E-state index contributed by atoms with van der Waals surface area (Å²) in [5.41, 5.74) is 0.227. The van der Waals surface area contributed by atoms with Crippen molar-refractivity contribution >= 4 is 40.7 Å². The van der Waals surface area contributed by atoms with Crippen molar-refractivity contribution in [1.82, 2.24) is 5.32 Å². The molecule has 3 N–H and O–H groups in total. The lowest BCUT2D eigenvalue weighted by molar-refractivity contribution is -0.881. The minimum atomic E-state index is -0.283. The normalized spacial score (nSPS) is 12.6. The first kappa shape index (κ1) is 19.7. The van der Waals surface area contributed by atoms with E-state index in [4.69, 9.17) is 23.2 Å². The van der Waals surface area contributed by atoms with Gasteiger partial charge in [-0.05, 0) is 45.9 Å². The van der Waals surface area contributed by atoms with Gasteiger partial charge in [0.25, 0.3) is 11.8 Å². The van der Waals surface area contributed by atoms with Gasteiger partial charge in [0.15, 0.2) is 13.1 Å². The molecule has 23 heavy (non-hydrogen) atoms. The molecule has 0 spiro atoms. The van der Waals surface area contributed by atoms with Crippen LogP contribution in [-0.4, -0.2) is 37.0 Å². The first-order chi connectivity index (χ1) is 10.6. The van der Waals surface area contributed by atoms with Crippen molar-refractivity contribution < 1.29 is 14.5 Å². The number of anilines is 1. The van der Waals surface area contributed by atoms with Gasteiger partial charge < -0.3 is 15.5 Å². The van der Waals surface area contributed by atoms with Gasteiger partial charge in [-0.25, -0.2) is 0 Å². The van der Waals surface area contributed by atoms with Gasteiger partial charge in [-0.2, -0.15) is 0 Å². The first-order valence-electron chi connectivity index (χ1n) is 7.50. The van der Waals surface area contributed by atoms with Crippen LogP contribution in [0.15, 0.2) is 18.2 Å². The van der Waals surface area contributed by atoms with E-state index in [1.807, 2.05) is 27.7 Å². The molecule has 0 aromatic heterocycles. The number of likely N-dealkylation sites (N-methyl/N-ethyl adjacent to an activating group) is 1. The zero-order valence-electron chi connectivity index (χ0n) is 13.9. The summed E-state index contributed by atoms with van der Waals surface area (Å²) in [6, 6.07) is 4.88. The second-order valence-electron chi connectivity index (χ2n) is 6.43. The summed E-state index contributed by atoms with van der Waals surface area (Å²) in [5.74, 6) is -0.277. The second-order valence-corrected chi connectivity index (χ2v) is 7.27. The van der Waals surface area contributed by atoms with E-state index in [-0.39, 0.29) is 30.4 Å². The highest BCUT2D eigenvalue weighted by Crippen LogP contribution is 2.25. The number of hydrogen-bond donors (Lipinski definition) is 3. The number of halogens is 2. The number of hydrogen-bond acceptors (Lipinski definition) is 2. The number of rotatable bonds is 6. The van der Waals surface area contributed by atoms with E-state index in [0.29, 0.717) is 22.3 Å². The minimum absolute atomic E-state index is 0.0772. The van der Waals surface area contributed by atoms with Gasteiger partial charge in [0.2, 0.25) is 0 Å². The molecule has 1 aromatic carbocycles. The van der Waals surface area contributed by atoms with Crippen molar-refractivity contribution in [2.45, 2.75) is 33.2 Å². The van der Waals surface area contributed by atoms with Gasteiger partial charge in [-0.3, -0.25) is 9.59 Å². The van der Waals surface area contributed by atoms with Crippen molar-refractivity contribution in [3.05, 3.63) is 28.2 Å². The Morgan fingerprint density at radius 3 is 2.26 bits per heavy atom. The summed E-state index contributed by atoms with van der Waals surface area (Å²) in [5, 5.41) is 6.53. The highest BCUT2D eigenvalue weighted by Gasteiger charge is 2.20. The molecule has 5 nitrogen and oxygen atoms in total. The molecule has 1 atom stereocenters. The van der Waals surface area contributed by atoms with Crippen LogP contribution in [0.5, 0.6) is 0 Å². The molecular formula is C16H24Cl2N3O2+. The topological polar surface area (TPSA) is 62.6 Å². The van der Waals surface area contributed by atoms with Crippen LogP contribution in [0.25, 0.3) is 0 Å². The molecule has 0 saturated heterocycles. The summed E-state index contributed by atoms with van der Waals surface area (Å²) in [7, 11) is 0. The summed E-state index contributed by atoms with van der Waals surface area (Å²) in [6.45, 7) is 8.80. The molecule has 128 valence electrons. The van der Waals surface area contributed by atoms with E-state index in [0.717, 1.165) is 4.90 Å².